The van der Waals surface area contributed by atoms with Crippen LogP contribution in [0.1, 0.15) is 25.8 Å². The summed E-state index contributed by atoms with van der Waals surface area (Å²) in [4.78, 5) is 20.4. The number of carbonyl (C=O) groups excluding carboxylic acids is 1. The SMILES string of the molecule is CCOc1cccc2[nH]cc(CC(=O)N3CC[C@H](N(C)C)[C@@H]3C)c12. The fourth-order valence-corrected chi connectivity index (χ4v) is 3.86. The highest BCUT2D eigenvalue weighted by Gasteiger charge is 2.34. The number of nitrogens with zero attached hydrogens (tertiary/aromatic N) is 2. The maximum atomic E-state index is 12.9. The summed E-state index contributed by atoms with van der Waals surface area (Å²) in [7, 11) is 4.17. The molecule has 1 fully saturated rings. The van der Waals surface area contributed by atoms with Gasteiger partial charge in [-0.25, -0.2) is 0 Å². The third-order valence-electron chi connectivity index (χ3n) is 5.09. The van der Waals surface area contributed by atoms with E-state index in [4.69, 9.17) is 4.74 Å². The summed E-state index contributed by atoms with van der Waals surface area (Å²) in [6, 6.07) is 6.65. The molecule has 3 rings (SSSR count). The Morgan fingerprint density at radius 1 is 1.42 bits per heavy atom. The van der Waals surface area contributed by atoms with Crippen LogP contribution >= 0.6 is 0 Å². The first-order valence-electron chi connectivity index (χ1n) is 8.70. The normalized spacial score (nSPS) is 21.0. The molecule has 0 saturated carbocycles. The van der Waals surface area contributed by atoms with E-state index in [0.717, 1.165) is 35.2 Å². The smallest absolute Gasteiger partial charge is 0.227 e. The number of benzene rings is 1. The lowest BCUT2D eigenvalue weighted by atomic mass is 10.1. The average molecular weight is 329 g/mol. The van der Waals surface area contributed by atoms with Gasteiger partial charge in [-0.3, -0.25) is 4.79 Å². The van der Waals surface area contributed by atoms with Gasteiger partial charge >= 0.3 is 0 Å². The maximum Gasteiger partial charge on any atom is 0.227 e. The van der Waals surface area contributed by atoms with Gasteiger partial charge in [0.2, 0.25) is 5.91 Å². The second-order valence-electron chi connectivity index (χ2n) is 6.75. The second kappa shape index (κ2) is 6.85. The summed E-state index contributed by atoms with van der Waals surface area (Å²) in [5.74, 6) is 1.04. The highest BCUT2D eigenvalue weighted by atomic mass is 16.5. The molecule has 24 heavy (non-hydrogen) atoms. The zero-order valence-electron chi connectivity index (χ0n) is 15.0. The molecule has 5 heteroatoms. The van der Waals surface area contributed by atoms with Crippen molar-refractivity contribution in [2.75, 3.05) is 27.2 Å². The molecule has 1 N–H and O–H groups in total. The largest absolute Gasteiger partial charge is 0.493 e. The fraction of sp³-hybridized carbons (Fsp3) is 0.526. The number of rotatable bonds is 5. The molecular formula is C19H27N3O2. The average Bonchev–Trinajstić information content (AvgIpc) is 3.12. The number of likely N-dealkylation sites (N-methyl/N-ethyl adjacent to an activating group) is 1. The molecule has 1 aliphatic rings. The van der Waals surface area contributed by atoms with Gasteiger partial charge in [0, 0.05) is 35.7 Å². The Balaban J connectivity index is 1.81. The van der Waals surface area contributed by atoms with Crippen LogP contribution in [0.4, 0.5) is 0 Å². The second-order valence-corrected chi connectivity index (χ2v) is 6.75. The Labute approximate surface area is 143 Å². The van der Waals surface area contributed by atoms with Gasteiger partial charge in [0.15, 0.2) is 0 Å². The number of aromatic amines is 1. The van der Waals surface area contributed by atoms with Crippen LogP contribution in [0.15, 0.2) is 24.4 Å². The van der Waals surface area contributed by atoms with Crippen LogP contribution in [0.3, 0.4) is 0 Å². The summed E-state index contributed by atoms with van der Waals surface area (Å²) >= 11 is 0. The number of hydrogen-bond donors (Lipinski definition) is 1. The summed E-state index contributed by atoms with van der Waals surface area (Å²) in [5, 5.41) is 1.03. The van der Waals surface area contributed by atoms with Crippen LogP contribution in [-0.2, 0) is 11.2 Å². The van der Waals surface area contributed by atoms with E-state index >= 15 is 0 Å². The van der Waals surface area contributed by atoms with Crippen LogP contribution in [0, 0.1) is 0 Å². The maximum absolute atomic E-state index is 12.9. The topological polar surface area (TPSA) is 48.6 Å². The number of likely N-dealkylation sites (tertiary alicyclic amines) is 1. The minimum atomic E-state index is 0.194. The molecule has 1 amide bonds. The lowest BCUT2D eigenvalue weighted by molar-refractivity contribution is -0.131. The lowest BCUT2D eigenvalue weighted by Gasteiger charge is -2.28. The molecule has 0 radical (unpaired) electrons. The molecule has 0 aliphatic carbocycles. The number of hydrogen-bond acceptors (Lipinski definition) is 3. The highest BCUT2D eigenvalue weighted by Crippen LogP contribution is 2.30. The number of fused-ring (bicyclic) bond motifs is 1. The Bertz CT molecular complexity index is 722. The number of aromatic nitrogens is 1. The van der Waals surface area contributed by atoms with Gasteiger partial charge in [-0.05, 0) is 52.1 Å². The van der Waals surface area contributed by atoms with Gasteiger partial charge in [-0.1, -0.05) is 6.07 Å². The van der Waals surface area contributed by atoms with Gasteiger partial charge in [0.05, 0.1) is 13.0 Å². The molecule has 130 valence electrons. The van der Waals surface area contributed by atoms with Gasteiger partial charge in [-0.15, -0.1) is 0 Å². The van der Waals surface area contributed by atoms with Crippen LogP contribution in [0.2, 0.25) is 0 Å². The van der Waals surface area contributed by atoms with E-state index in [1.54, 1.807) is 0 Å². The summed E-state index contributed by atoms with van der Waals surface area (Å²) in [5.41, 5.74) is 2.03. The Hall–Kier alpha value is -2.01. The number of ether oxygens (including phenoxy) is 1. The van der Waals surface area contributed by atoms with Crippen LogP contribution in [0.5, 0.6) is 5.75 Å². The highest BCUT2D eigenvalue weighted by molar-refractivity contribution is 5.93. The van der Waals surface area contributed by atoms with E-state index in [1.807, 2.05) is 36.2 Å². The van der Waals surface area contributed by atoms with Gasteiger partial charge in [0.1, 0.15) is 5.75 Å². The Kier molecular flexibility index (Phi) is 4.81. The molecule has 1 aliphatic heterocycles. The molecule has 2 aromatic rings. The van der Waals surface area contributed by atoms with E-state index in [9.17, 15) is 4.79 Å². The van der Waals surface area contributed by atoms with Gasteiger partial charge in [0.25, 0.3) is 0 Å². The minimum Gasteiger partial charge on any atom is -0.493 e. The first kappa shape index (κ1) is 16.8. The Morgan fingerprint density at radius 3 is 2.88 bits per heavy atom. The Morgan fingerprint density at radius 2 is 2.21 bits per heavy atom. The molecule has 1 aromatic carbocycles. The monoisotopic (exact) mass is 329 g/mol. The number of H-pyrrole nitrogens is 1. The molecule has 0 bridgehead atoms. The number of carbonyl (C=O) groups is 1. The van der Waals surface area contributed by atoms with E-state index in [1.165, 1.54) is 0 Å². The first-order chi connectivity index (χ1) is 11.5. The van der Waals surface area contributed by atoms with E-state index in [2.05, 4.69) is 30.9 Å². The zero-order valence-corrected chi connectivity index (χ0v) is 15.0. The molecular weight excluding hydrogens is 302 g/mol. The molecule has 2 heterocycles. The summed E-state index contributed by atoms with van der Waals surface area (Å²) in [6.07, 6.45) is 3.39. The molecule has 5 nitrogen and oxygen atoms in total. The molecule has 1 aromatic heterocycles. The first-order valence-corrected chi connectivity index (χ1v) is 8.70. The van der Waals surface area contributed by atoms with Crippen molar-refractivity contribution in [1.82, 2.24) is 14.8 Å². The summed E-state index contributed by atoms with van der Waals surface area (Å²) < 4.78 is 5.74. The van der Waals surface area contributed by atoms with Crippen molar-refractivity contribution in [3.63, 3.8) is 0 Å². The van der Waals surface area contributed by atoms with Crippen molar-refractivity contribution >= 4 is 16.8 Å². The number of nitrogens with one attached hydrogen (secondary N) is 1. The third kappa shape index (κ3) is 3.00. The summed E-state index contributed by atoms with van der Waals surface area (Å²) in [6.45, 7) is 5.58. The molecule has 0 unspecified atom stereocenters. The van der Waals surface area contributed by atoms with Gasteiger partial charge in [-0.2, -0.15) is 0 Å². The minimum absolute atomic E-state index is 0.194. The molecule has 0 spiro atoms. The predicted octanol–water partition coefficient (Wildman–Crippen LogP) is 2.66. The van der Waals surface area contributed by atoms with Crippen molar-refractivity contribution in [3.8, 4) is 5.75 Å². The number of amides is 1. The van der Waals surface area contributed by atoms with Crippen LogP contribution < -0.4 is 4.74 Å². The van der Waals surface area contributed by atoms with E-state index in [-0.39, 0.29) is 11.9 Å². The third-order valence-corrected chi connectivity index (χ3v) is 5.09. The van der Waals surface area contributed by atoms with Crippen molar-refractivity contribution < 1.29 is 9.53 Å². The standard InChI is InChI=1S/C19H27N3O2/c1-5-24-17-8-6-7-15-19(17)14(12-20-15)11-18(23)22-10-9-16(13(22)2)21(3)4/h6-8,12-13,16,20H,5,9-11H2,1-4H3/t13-,16-/m0/s1. The van der Waals surface area contributed by atoms with E-state index in [0.29, 0.717) is 19.1 Å². The molecule has 1 saturated heterocycles. The van der Waals surface area contributed by atoms with E-state index < -0.39 is 0 Å². The van der Waals surface area contributed by atoms with Crippen LogP contribution in [-0.4, -0.2) is 60.0 Å². The quantitative estimate of drug-likeness (QED) is 0.917. The van der Waals surface area contributed by atoms with Crippen molar-refractivity contribution in [2.24, 2.45) is 0 Å². The zero-order chi connectivity index (χ0) is 17.3. The van der Waals surface area contributed by atoms with Crippen molar-refractivity contribution in [2.45, 2.75) is 38.8 Å². The lowest BCUT2D eigenvalue weighted by Crippen LogP contribution is -2.42. The van der Waals surface area contributed by atoms with Crippen molar-refractivity contribution in [3.05, 3.63) is 30.0 Å². The predicted molar refractivity (Wildman–Crippen MR) is 96.4 cm³/mol. The molecule has 2 atom stereocenters. The van der Waals surface area contributed by atoms with Crippen molar-refractivity contribution in [1.29, 1.82) is 0 Å². The van der Waals surface area contributed by atoms with Gasteiger partial charge < -0.3 is 19.5 Å². The van der Waals surface area contributed by atoms with Crippen LogP contribution in [0.25, 0.3) is 10.9 Å². The fourth-order valence-electron chi connectivity index (χ4n) is 3.86.